The van der Waals surface area contributed by atoms with Gasteiger partial charge in [0.1, 0.15) is 12.6 Å². The normalized spacial score (nSPS) is 14.6. The summed E-state index contributed by atoms with van der Waals surface area (Å²) in [5, 5.41) is 3.95. The van der Waals surface area contributed by atoms with Crippen molar-refractivity contribution in [3.05, 3.63) is 96.9 Å². The minimum atomic E-state index is -4.05. The lowest BCUT2D eigenvalue weighted by Crippen LogP contribution is -2.55. The van der Waals surface area contributed by atoms with Gasteiger partial charge in [-0.3, -0.25) is 13.9 Å². The van der Waals surface area contributed by atoms with E-state index in [1.807, 2.05) is 30.3 Å². The van der Waals surface area contributed by atoms with E-state index in [-0.39, 0.29) is 50.7 Å². The molecule has 7 nitrogen and oxygen atoms in total. The number of amides is 2. The molecule has 1 fully saturated rings. The Morgan fingerprint density at radius 2 is 1.45 bits per heavy atom. The quantitative estimate of drug-likeness (QED) is 0.205. The lowest BCUT2D eigenvalue weighted by Gasteiger charge is -2.35. The molecule has 1 saturated carbocycles. The van der Waals surface area contributed by atoms with E-state index in [0.29, 0.717) is 10.6 Å². The van der Waals surface area contributed by atoms with Crippen LogP contribution in [0.2, 0.25) is 25.1 Å². The number of hydrogen-bond donors (Lipinski definition) is 1. The van der Waals surface area contributed by atoms with Crippen molar-refractivity contribution in [3.63, 3.8) is 0 Å². The minimum absolute atomic E-state index is 0.00969. The van der Waals surface area contributed by atoms with Crippen LogP contribution in [0.3, 0.4) is 0 Å². The number of nitrogens with zero attached hydrogens (tertiary/aromatic N) is 2. The molecule has 0 unspecified atom stereocenters. The zero-order valence-electron chi connectivity index (χ0n) is 23.9. The van der Waals surface area contributed by atoms with Gasteiger partial charge >= 0.3 is 0 Å². The fourth-order valence-corrected chi connectivity index (χ4v) is 7.10. The summed E-state index contributed by atoms with van der Waals surface area (Å²) in [5.74, 6) is -0.962. The Labute approximate surface area is 283 Å². The van der Waals surface area contributed by atoms with E-state index in [4.69, 9.17) is 58.0 Å². The number of hydrogen-bond acceptors (Lipinski definition) is 4. The number of nitrogens with one attached hydrogen (secondary N) is 1. The predicted octanol–water partition coefficient (Wildman–Crippen LogP) is 7.81. The highest BCUT2D eigenvalue weighted by Gasteiger charge is 2.34. The van der Waals surface area contributed by atoms with Crippen LogP contribution >= 0.6 is 58.0 Å². The molecule has 3 aromatic rings. The zero-order chi connectivity index (χ0) is 32.0. The minimum Gasteiger partial charge on any atom is -0.352 e. The van der Waals surface area contributed by atoms with Crippen LogP contribution in [-0.2, 0) is 32.6 Å². The molecule has 1 atom stereocenters. The van der Waals surface area contributed by atoms with Crippen molar-refractivity contribution in [1.29, 1.82) is 0 Å². The molecule has 1 aliphatic rings. The number of halogens is 5. The first-order chi connectivity index (χ1) is 20.8. The summed E-state index contributed by atoms with van der Waals surface area (Å²) in [7, 11) is -4.05. The maximum Gasteiger partial charge on any atom is 0.244 e. The van der Waals surface area contributed by atoms with E-state index >= 15 is 0 Å². The molecular formula is C31H32Cl5N3O4S. The molecule has 1 aliphatic carbocycles. The van der Waals surface area contributed by atoms with Gasteiger partial charge in [0, 0.05) is 19.0 Å². The second-order valence-electron chi connectivity index (χ2n) is 10.8. The molecule has 4 rings (SSSR count). The Kier molecular flexibility index (Phi) is 12.1. The van der Waals surface area contributed by atoms with Gasteiger partial charge in [0.05, 0.1) is 37.1 Å². The van der Waals surface area contributed by atoms with E-state index < -0.39 is 28.5 Å². The molecular weight excluding hydrogens is 688 g/mol. The van der Waals surface area contributed by atoms with Crippen molar-refractivity contribution in [2.45, 2.75) is 57.2 Å². The van der Waals surface area contributed by atoms with Gasteiger partial charge in [-0.2, -0.15) is 0 Å². The molecule has 0 aliphatic heterocycles. The van der Waals surface area contributed by atoms with Crippen molar-refractivity contribution in [3.8, 4) is 0 Å². The first-order valence-electron chi connectivity index (χ1n) is 14.0. The Morgan fingerprint density at radius 3 is 2.09 bits per heavy atom. The van der Waals surface area contributed by atoms with Gasteiger partial charge in [0.15, 0.2) is 0 Å². The summed E-state index contributed by atoms with van der Waals surface area (Å²) < 4.78 is 27.0. The Morgan fingerprint density at radius 1 is 0.818 bits per heavy atom. The summed E-state index contributed by atoms with van der Waals surface area (Å²) in [5.41, 5.74) is 1.42. The fourth-order valence-electron chi connectivity index (χ4n) is 5.23. The molecule has 0 radical (unpaired) electrons. The number of carbonyl (C=O) groups is 2. The Hall–Kier alpha value is -2.20. The highest BCUT2D eigenvalue weighted by Crippen LogP contribution is 2.36. The molecule has 2 amide bonds. The standard InChI is InChI=1S/C31H32Cl5N3O4S/c1-44(42,43)39(28-17-26(35)25(34)16-27(28)36)19-30(40)38(18-21-12-13-23(32)24(33)14-21)29(15-20-8-4-2-5-9-20)31(41)37-22-10-6-3-7-11-22/h2,4-5,8-9,12-14,16-17,22,29H,3,6-7,10-11,15,18-19H2,1H3,(H,37,41)/t29-/m1/s1. The van der Waals surface area contributed by atoms with Gasteiger partial charge in [0.25, 0.3) is 0 Å². The first kappa shape index (κ1) is 34.7. The molecule has 236 valence electrons. The molecule has 0 bridgehead atoms. The fraction of sp³-hybridized carbons (Fsp3) is 0.355. The Bertz CT molecular complexity index is 1600. The summed E-state index contributed by atoms with van der Waals surface area (Å²) in [4.78, 5) is 29.7. The average Bonchev–Trinajstić information content (AvgIpc) is 2.98. The monoisotopic (exact) mass is 717 g/mol. The second kappa shape index (κ2) is 15.4. The van der Waals surface area contributed by atoms with Crippen molar-refractivity contribution in [2.24, 2.45) is 0 Å². The number of benzene rings is 3. The van der Waals surface area contributed by atoms with Crippen LogP contribution < -0.4 is 9.62 Å². The maximum absolute atomic E-state index is 14.3. The summed E-state index contributed by atoms with van der Waals surface area (Å²) in [6, 6.07) is 15.9. The number of anilines is 1. The molecule has 0 heterocycles. The highest BCUT2D eigenvalue weighted by atomic mass is 35.5. The Balaban J connectivity index is 1.77. The molecule has 13 heteroatoms. The van der Waals surface area contributed by atoms with Crippen molar-refractivity contribution < 1.29 is 18.0 Å². The van der Waals surface area contributed by atoms with Crippen LogP contribution in [0, 0.1) is 0 Å². The molecule has 44 heavy (non-hydrogen) atoms. The molecule has 0 spiro atoms. The van der Waals surface area contributed by atoms with E-state index in [0.717, 1.165) is 48.2 Å². The molecule has 1 N–H and O–H groups in total. The van der Waals surface area contributed by atoms with Gasteiger partial charge in [0.2, 0.25) is 21.8 Å². The summed E-state index contributed by atoms with van der Waals surface area (Å²) in [6.07, 6.45) is 5.98. The van der Waals surface area contributed by atoms with Crippen LogP contribution in [-0.4, -0.2) is 50.0 Å². The third-order valence-electron chi connectivity index (χ3n) is 7.50. The smallest absolute Gasteiger partial charge is 0.244 e. The van der Waals surface area contributed by atoms with Crippen molar-refractivity contribution >= 4 is 85.5 Å². The number of rotatable bonds is 11. The van der Waals surface area contributed by atoms with Crippen LogP contribution in [0.25, 0.3) is 0 Å². The van der Waals surface area contributed by atoms with Gasteiger partial charge in [-0.1, -0.05) is 114 Å². The van der Waals surface area contributed by atoms with Gasteiger partial charge in [-0.25, -0.2) is 8.42 Å². The SMILES string of the molecule is CS(=O)(=O)N(CC(=O)N(Cc1ccc(Cl)c(Cl)c1)[C@H](Cc1ccccc1)C(=O)NC1CCCCC1)c1cc(Cl)c(Cl)cc1Cl. The third kappa shape index (κ3) is 9.18. The maximum atomic E-state index is 14.3. The van der Waals surface area contributed by atoms with Crippen LogP contribution in [0.15, 0.2) is 60.7 Å². The second-order valence-corrected chi connectivity index (χ2v) is 14.7. The van der Waals surface area contributed by atoms with Crippen molar-refractivity contribution in [2.75, 3.05) is 17.1 Å². The predicted molar refractivity (Wildman–Crippen MR) is 180 cm³/mol. The number of sulfonamides is 1. The lowest BCUT2D eigenvalue weighted by molar-refractivity contribution is -0.140. The van der Waals surface area contributed by atoms with Gasteiger partial charge in [-0.05, 0) is 48.2 Å². The number of carbonyl (C=O) groups excluding carboxylic acids is 2. The van der Waals surface area contributed by atoms with Gasteiger partial charge in [-0.15, -0.1) is 0 Å². The lowest BCUT2D eigenvalue weighted by atomic mass is 9.94. The highest BCUT2D eigenvalue weighted by molar-refractivity contribution is 7.92. The molecule has 0 saturated heterocycles. The average molecular weight is 720 g/mol. The van der Waals surface area contributed by atoms with Gasteiger partial charge < -0.3 is 10.2 Å². The van der Waals surface area contributed by atoms with E-state index in [1.165, 1.54) is 17.0 Å². The van der Waals surface area contributed by atoms with E-state index in [1.54, 1.807) is 18.2 Å². The van der Waals surface area contributed by atoms with Crippen molar-refractivity contribution in [1.82, 2.24) is 10.2 Å². The zero-order valence-corrected chi connectivity index (χ0v) is 28.5. The van der Waals surface area contributed by atoms with E-state index in [2.05, 4.69) is 5.32 Å². The molecule has 0 aromatic heterocycles. The van der Waals surface area contributed by atoms with Crippen LogP contribution in [0.5, 0.6) is 0 Å². The summed E-state index contributed by atoms with van der Waals surface area (Å²) in [6.45, 7) is -0.697. The topological polar surface area (TPSA) is 86.8 Å². The molecule has 3 aromatic carbocycles. The van der Waals surface area contributed by atoms with Crippen LogP contribution in [0.1, 0.15) is 43.2 Å². The van der Waals surface area contributed by atoms with Crippen LogP contribution in [0.4, 0.5) is 5.69 Å². The van der Waals surface area contributed by atoms with E-state index in [9.17, 15) is 18.0 Å². The largest absolute Gasteiger partial charge is 0.352 e. The summed E-state index contributed by atoms with van der Waals surface area (Å²) >= 11 is 31.1. The third-order valence-corrected chi connectivity index (χ3v) is 10.4. The first-order valence-corrected chi connectivity index (χ1v) is 17.8.